The summed E-state index contributed by atoms with van der Waals surface area (Å²) in [5.41, 5.74) is 9.85. The quantitative estimate of drug-likeness (QED) is 0.823. The van der Waals surface area contributed by atoms with Crippen LogP contribution in [0, 0.1) is 13.8 Å². The highest BCUT2D eigenvalue weighted by Gasteiger charge is 2.26. The van der Waals surface area contributed by atoms with Crippen LogP contribution in [0.5, 0.6) is 0 Å². The molecule has 1 aromatic rings. The van der Waals surface area contributed by atoms with Gasteiger partial charge in [-0.1, -0.05) is 23.8 Å². The fourth-order valence-corrected chi connectivity index (χ4v) is 2.38. The molecule has 2 rings (SSSR count). The second-order valence-electron chi connectivity index (χ2n) is 4.36. The molecule has 1 aliphatic heterocycles. The van der Waals surface area contributed by atoms with Crippen molar-refractivity contribution >= 4 is 5.96 Å². The zero-order valence-corrected chi connectivity index (χ0v) is 10.2. The van der Waals surface area contributed by atoms with Gasteiger partial charge in [0.2, 0.25) is 0 Å². The molecule has 0 aliphatic carbocycles. The number of nitrogens with zero attached hydrogens (tertiary/aromatic N) is 2. The van der Waals surface area contributed by atoms with Crippen LogP contribution in [0.25, 0.3) is 0 Å². The fraction of sp³-hybridized carbons (Fsp3) is 0.462. The Hall–Kier alpha value is -1.51. The van der Waals surface area contributed by atoms with Crippen molar-refractivity contribution in [1.82, 2.24) is 4.90 Å². The molecule has 1 heterocycles. The molecule has 86 valence electrons. The lowest BCUT2D eigenvalue weighted by Gasteiger charge is -2.26. The summed E-state index contributed by atoms with van der Waals surface area (Å²) in [5, 5.41) is 0. The SMILES string of the molecule is CCN1C(N)=NCC1c1ccc(C)cc1C. The van der Waals surface area contributed by atoms with Gasteiger partial charge in [-0.3, -0.25) is 4.99 Å². The number of nitrogens with two attached hydrogens (primary N) is 1. The van der Waals surface area contributed by atoms with Gasteiger partial charge in [-0.2, -0.15) is 0 Å². The van der Waals surface area contributed by atoms with Gasteiger partial charge < -0.3 is 10.6 Å². The van der Waals surface area contributed by atoms with Gasteiger partial charge >= 0.3 is 0 Å². The van der Waals surface area contributed by atoms with E-state index in [2.05, 4.69) is 48.9 Å². The summed E-state index contributed by atoms with van der Waals surface area (Å²) in [4.78, 5) is 6.49. The summed E-state index contributed by atoms with van der Waals surface area (Å²) in [5.74, 6) is 0.674. The standard InChI is InChI=1S/C13H19N3/c1-4-16-12(8-15-13(16)14)11-6-5-9(2)7-10(11)3/h5-7,12H,4,8H2,1-3H3,(H2,14,15). The predicted molar refractivity (Wildman–Crippen MR) is 67.5 cm³/mol. The monoisotopic (exact) mass is 217 g/mol. The van der Waals surface area contributed by atoms with E-state index in [0.717, 1.165) is 13.1 Å². The van der Waals surface area contributed by atoms with Crippen LogP contribution in [-0.2, 0) is 0 Å². The number of rotatable bonds is 2. The molecule has 0 amide bonds. The summed E-state index contributed by atoms with van der Waals surface area (Å²) in [7, 11) is 0. The summed E-state index contributed by atoms with van der Waals surface area (Å²) in [6.45, 7) is 8.08. The summed E-state index contributed by atoms with van der Waals surface area (Å²) in [6, 6.07) is 6.90. The molecule has 16 heavy (non-hydrogen) atoms. The molecule has 1 atom stereocenters. The third-order valence-corrected chi connectivity index (χ3v) is 3.22. The van der Waals surface area contributed by atoms with E-state index < -0.39 is 0 Å². The molecule has 1 aromatic carbocycles. The molecule has 3 nitrogen and oxygen atoms in total. The Morgan fingerprint density at radius 2 is 2.19 bits per heavy atom. The van der Waals surface area contributed by atoms with Crippen LogP contribution >= 0.6 is 0 Å². The first kappa shape index (κ1) is 11.0. The minimum atomic E-state index is 0.325. The van der Waals surface area contributed by atoms with Gasteiger partial charge in [-0.15, -0.1) is 0 Å². The smallest absolute Gasteiger partial charge is 0.191 e. The molecule has 1 unspecified atom stereocenters. The second-order valence-corrected chi connectivity index (χ2v) is 4.36. The van der Waals surface area contributed by atoms with E-state index in [0.29, 0.717) is 12.0 Å². The second kappa shape index (κ2) is 4.16. The van der Waals surface area contributed by atoms with Crippen LogP contribution in [0.3, 0.4) is 0 Å². The van der Waals surface area contributed by atoms with Crippen LogP contribution in [0.1, 0.15) is 29.7 Å². The van der Waals surface area contributed by atoms with Crippen molar-refractivity contribution < 1.29 is 0 Å². The molecule has 3 heteroatoms. The molecule has 0 aromatic heterocycles. The van der Waals surface area contributed by atoms with Crippen LogP contribution in [-0.4, -0.2) is 23.9 Å². The van der Waals surface area contributed by atoms with Crippen LogP contribution in [0.2, 0.25) is 0 Å². The zero-order valence-electron chi connectivity index (χ0n) is 10.2. The zero-order chi connectivity index (χ0) is 11.7. The van der Waals surface area contributed by atoms with Gasteiger partial charge in [0, 0.05) is 6.54 Å². The molecule has 0 saturated carbocycles. The Bertz CT molecular complexity index is 423. The predicted octanol–water partition coefficient (Wildman–Crippen LogP) is 1.99. The van der Waals surface area contributed by atoms with Crippen LogP contribution < -0.4 is 5.73 Å². The first-order valence-electron chi connectivity index (χ1n) is 5.77. The lowest BCUT2D eigenvalue weighted by molar-refractivity contribution is 0.363. The number of hydrogen-bond acceptors (Lipinski definition) is 3. The van der Waals surface area contributed by atoms with Gasteiger partial charge in [0.1, 0.15) is 0 Å². The minimum Gasteiger partial charge on any atom is -0.370 e. The van der Waals surface area contributed by atoms with Gasteiger partial charge in [-0.25, -0.2) is 0 Å². The van der Waals surface area contributed by atoms with E-state index in [1.54, 1.807) is 0 Å². The third-order valence-electron chi connectivity index (χ3n) is 3.22. The van der Waals surface area contributed by atoms with Crippen molar-refractivity contribution in [2.24, 2.45) is 10.7 Å². The van der Waals surface area contributed by atoms with Gasteiger partial charge in [0.15, 0.2) is 5.96 Å². The Labute approximate surface area is 97.0 Å². The van der Waals surface area contributed by atoms with E-state index in [1.165, 1.54) is 16.7 Å². The summed E-state index contributed by atoms with van der Waals surface area (Å²) < 4.78 is 0. The summed E-state index contributed by atoms with van der Waals surface area (Å²) in [6.07, 6.45) is 0. The number of hydrogen-bond donors (Lipinski definition) is 1. The maximum absolute atomic E-state index is 5.87. The molecular formula is C13H19N3. The minimum absolute atomic E-state index is 0.325. The van der Waals surface area contributed by atoms with E-state index in [1.807, 2.05) is 0 Å². The van der Waals surface area contributed by atoms with Crippen molar-refractivity contribution in [2.45, 2.75) is 26.8 Å². The molecule has 0 saturated heterocycles. The van der Waals surface area contributed by atoms with E-state index in [9.17, 15) is 0 Å². The fourth-order valence-electron chi connectivity index (χ4n) is 2.38. The van der Waals surface area contributed by atoms with Crippen LogP contribution in [0.15, 0.2) is 23.2 Å². The molecule has 0 radical (unpaired) electrons. The van der Waals surface area contributed by atoms with Crippen molar-refractivity contribution in [3.63, 3.8) is 0 Å². The number of likely N-dealkylation sites (N-methyl/N-ethyl adjacent to an activating group) is 1. The highest BCUT2D eigenvalue weighted by molar-refractivity contribution is 5.80. The third kappa shape index (κ3) is 1.77. The van der Waals surface area contributed by atoms with Gasteiger partial charge in [0.25, 0.3) is 0 Å². The maximum Gasteiger partial charge on any atom is 0.191 e. The van der Waals surface area contributed by atoms with Crippen LogP contribution in [0.4, 0.5) is 0 Å². The Balaban J connectivity index is 2.32. The van der Waals surface area contributed by atoms with Crippen molar-refractivity contribution in [3.8, 4) is 0 Å². The average Bonchev–Trinajstić information content (AvgIpc) is 2.59. The Morgan fingerprint density at radius 3 is 2.81 bits per heavy atom. The highest BCUT2D eigenvalue weighted by atomic mass is 15.3. The van der Waals surface area contributed by atoms with E-state index >= 15 is 0 Å². The number of aryl methyl sites for hydroxylation is 2. The van der Waals surface area contributed by atoms with Gasteiger partial charge in [-0.05, 0) is 31.9 Å². The first-order valence-corrected chi connectivity index (χ1v) is 5.77. The van der Waals surface area contributed by atoms with E-state index in [-0.39, 0.29) is 0 Å². The molecule has 0 spiro atoms. The molecule has 2 N–H and O–H groups in total. The van der Waals surface area contributed by atoms with Crippen molar-refractivity contribution in [1.29, 1.82) is 0 Å². The van der Waals surface area contributed by atoms with Gasteiger partial charge in [0.05, 0.1) is 12.6 Å². The number of guanidine groups is 1. The highest BCUT2D eigenvalue weighted by Crippen LogP contribution is 2.28. The number of aliphatic imine (C=N–C) groups is 1. The molecule has 0 fully saturated rings. The topological polar surface area (TPSA) is 41.6 Å². The molecule has 0 bridgehead atoms. The summed E-state index contributed by atoms with van der Waals surface area (Å²) >= 11 is 0. The number of benzene rings is 1. The first-order chi connectivity index (χ1) is 7.63. The maximum atomic E-state index is 5.87. The van der Waals surface area contributed by atoms with Crippen molar-refractivity contribution in [2.75, 3.05) is 13.1 Å². The van der Waals surface area contributed by atoms with E-state index in [4.69, 9.17) is 5.73 Å². The largest absolute Gasteiger partial charge is 0.370 e. The lowest BCUT2D eigenvalue weighted by Crippen LogP contribution is -2.36. The van der Waals surface area contributed by atoms with Crippen molar-refractivity contribution in [3.05, 3.63) is 34.9 Å². The molecular weight excluding hydrogens is 198 g/mol. The Morgan fingerprint density at radius 1 is 1.44 bits per heavy atom. The lowest BCUT2D eigenvalue weighted by atomic mass is 9.99. The average molecular weight is 217 g/mol. The Kier molecular flexibility index (Phi) is 2.86. The molecule has 1 aliphatic rings. The normalized spacial score (nSPS) is 20.1.